The lowest BCUT2D eigenvalue weighted by Gasteiger charge is -2.10. The van der Waals surface area contributed by atoms with Crippen LogP contribution in [-0.4, -0.2) is 10.8 Å². The first-order chi connectivity index (χ1) is 6.61. The number of pyridine rings is 1. The molecule has 1 unspecified atom stereocenters. The predicted molar refractivity (Wildman–Crippen MR) is 59.1 cm³/mol. The van der Waals surface area contributed by atoms with Gasteiger partial charge in [0.15, 0.2) is 0 Å². The standard InChI is InChI=1S/C11H17N3/c1-8(2)11(12)14-9(3)10-4-6-13-7-5-10/h4-9H,1-3H3,(H2,12,14). The van der Waals surface area contributed by atoms with E-state index in [1.807, 2.05) is 32.9 Å². The van der Waals surface area contributed by atoms with E-state index in [-0.39, 0.29) is 6.04 Å². The fourth-order valence-corrected chi connectivity index (χ4v) is 1.09. The maximum atomic E-state index is 5.79. The maximum Gasteiger partial charge on any atom is 0.0970 e. The normalized spacial score (nSPS) is 14.4. The molecule has 14 heavy (non-hydrogen) atoms. The molecule has 0 bridgehead atoms. The summed E-state index contributed by atoms with van der Waals surface area (Å²) in [7, 11) is 0. The number of nitrogens with two attached hydrogens (primary N) is 1. The molecule has 0 aliphatic heterocycles. The Labute approximate surface area is 85.1 Å². The van der Waals surface area contributed by atoms with Crippen molar-refractivity contribution >= 4 is 5.84 Å². The van der Waals surface area contributed by atoms with Crippen LogP contribution in [0.1, 0.15) is 32.4 Å². The highest BCUT2D eigenvalue weighted by atomic mass is 14.9. The average Bonchev–Trinajstić information content (AvgIpc) is 2.19. The molecular weight excluding hydrogens is 174 g/mol. The number of rotatable bonds is 3. The van der Waals surface area contributed by atoms with E-state index in [0.29, 0.717) is 11.8 Å². The summed E-state index contributed by atoms with van der Waals surface area (Å²) < 4.78 is 0. The van der Waals surface area contributed by atoms with Gasteiger partial charge < -0.3 is 5.73 Å². The molecule has 3 nitrogen and oxygen atoms in total. The van der Waals surface area contributed by atoms with Crippen molar-refractivity contribution in [1.82, 2.24) is 4.98 Å². The van der Waals surface area contributed by atoms with Gasteiger partial charge in [-0.25, -0.2) is 0 Å². The first kappa shape index (κ1) is 10.7. The van der Waals surface area contributed by atoms with Gasteiger partial charge in [0.1, 0.15) is 0 Å². The third kappa shape index (κ3) is 2.83. The Hall–Kier alpha value is -1.38. The van der Waals surface area contributed by atoms with Crippen molar-refractivity contribution in [3.05, 3.63) is 30.1 Å². The average molecular weight is 191 g/mol. The molecule has 1 atom stereocenters. The second kappa shape index (κ2) is 4.74. The molecule has 0 saturated carbocycles. The monoisotopic (exact) mass is 191 g/mol. The van der Waals surface area contributed by atoms with Gasteiger partial charge >= 0.3 is 0 Å². The molecule has 0 amide bonds. The van der Waals surface area contributed by atoms with Gasteiger partial charge in [0, 0.05) is 18.3 Å². The molecule has 0 radical (unpaired) electrons. The zero-order valence-electron chi connectivity index (χ0n) is 8.94. The first-order valence-corrected chi connectivity index (χ1v) is 4.84. The van der Waals surface area contributed by atoms with Crippen LogP contribution in [0.2, 0.25) is 0 Å². The van der Waals surface area contributed by atoms with E-state index in [0.717, 1.165) is 5.56 Å². The number of amidine groups is 1. The molecule has 0 saturated heterocycles. The zero-order valence-corrected chi connectivity index (χ0v) is 8.94. The topological polar surface area (TPSA) is 51.3 Å². The van der Waals surface area contributed by atoms with Crippen molar-refractivity contribution in [3.63, 3.8) is 0 Å². The van der Waals surface area contributed by atoms with E-state index in [1.54, 1.807) is 12.4 Å². The summed E-state index contributed by atoms with van der Waals surface area (Å²) in [6, 6.07) is 4.03. The molecule has 0 aliphatic carbocycles. The van der Waals surface area contributed by atoms with Gasteiger partial charge in [-0.3, -0.25) is 9.98 Å². The minimum absolute atomic E-state index is 0.111. The lowest BCUT2D eigenvalue weighted by atomic mass is 10.1. The Morgan fingerprint density at radius 1 is 1.29 bits per heavy atom. The van der Waals surface area contributed by atoms with Gasteiger partial charge in [0.25, 0.3) is 0 Å². The van der Waals surface area contributed by atoms with Crippen molar-refractivity contribution in [1.29, 1.82) is 0 Å². The van der Waals surface area contributed by atoms with Gasteiger partial charge in [-0.05, 0) is 24.6 Å². The van der Waals surface area contributed by atoms with Gasteiger partial charge in [-0.1, -0.05) is 13.8 Å². The Bertz CT molecular complexity index is 304. The third-order valence-electron chi connectivity index (χ3n) is 2.12. The summed E-state index contributed by atoms with van der Waals surface area (Å²) in [4.78, 5) is 8.38. The van der Waals surface area contributed by atoms with Crippen LogP contribution in [0.5, 0.6) is 0 Å². The van der Waals surface area contributed by atoms with Gasteiger partial charge in [0.2, 0.25) is 0 Å². The minimum atomic E-state index is 0.111. The van der Waals surface area contributed by atoms with Crippen molar-refractivity contribution < 1.29 is 0 Å². The highest BCUT2D eigenvalue weighted by Crippen LogP contribution is 2.15. The summed E-state index contributed by atoms with van der Waals surface area (Å²) in [5.74, 6) is 1.01. The predicted octanol–water partition coefficient (Wildman–Crippen LogP) is 2.16. The molecule has 1 aromatic rings. The fourth-order valence-electron chi connectivity index (χ4n) is 1.09. The molecule has 76 valence electrons. The molecule has 0 spiro atoms. The molecule has 0 aliphatic rings. The van der Waals surface area contributed by atoms with Crippen LogP contribution in [-0.2, 0) is 0 Å². The molecule has 3 heteroatoms. The second-order valence-electron chi connectivity index (χ2n) is 3.67. The van der Waals surface area contributed by atoms with Gasteiger partial charge in [-0.15, -0.1) is 0 Å². The first-order valence-electron chi connectivity index (χ1n) is 4.84. The number of aliphatic imine (C=N–C) groups is 1. The zero-order chi connectivity index (χ0) is 10.6. The molecular formula is C11H17N3. The van der Waals surface area contributed by atoms with Crippen molar-refractivity contribution in [2.75, 3.05) is 0 Å². The summed E-state index contributed by atoms with van der Waals surface area (Å²) in [5, 5.41) is 0. The van der Waals surface area contributed by atoms with Gasteiger partial charge in [-0.2, -0.15) is 0 Å². The summed E-state index contributed by atoms with van der Waals surface area (Å²) >= 11 is 0. The summed E-state index contributed by atoms with van der Waals surface area (Å²) in [6.07, 6.45) is 3.54. The van der Waals surface area contributed by atoms with E-state index >= 15 is 0 Å². The van der Waals surface area contributed by atoms with E-state index in [4.69, 9.17) is 5.73 Å². The van der Waals surface area contributed by atoms with Crippen LogP contribution in [0.25, 0.3) is 0 Å². The fraction of sp³-hybridized carbons (Fsp3) is 0.455. The number of hydrogen-bond donors (Lipinski definition) is 1. The Kier molecular flexibility index (Phi) is 3.63. The Balaban J connectivity index is 2.77. The van der Waals surface area contributed by atoms with Crippen molar-refractivity contribution in [2.24, 2.45) is 16.6 Å². The summed E-state index contributed by atoms with van der Waals surface area (Å²) in [5.41, 5.74) is 6.93. The summed E-state index contributed by atoms with van der Waals surface area (Å²) in [6.45, 7) is 6.11. The van der Waals surface area contributed by atoms with Crippen LogP contribution in [0.3, 0.4) is 0 Å². The number of hydrogen-bond acceptors (Lipinski definition) is 2. The molecule has 1 heterocycles. The van der Waals surface area contributed by atoms with Gasteiger partial charge in [0.05, 0.1) is 11.9 Å². The number of nitrogens with zero attached hydrogens (tertiary/aromatic N) is 2. The largest absolute Gasteiger partial charge is 0.387 e. The maximum absolute atomic E-state index is 5.79. The lowest BCUT2D eigenvalue weighted by molar-refractivity contribution is 0.778. The van der Waals surface area contributed by atoms with Crippen LogP contribution in [0.15, 0.2) is 29.5 Å². The van der Waals surface area contributed by atoms with E-state index in [9.17, 15) is 0 Å². The van der Waals surface area contributed by atoms with E-state index in [1.165, 1.54) is 0 Å². The Morgan fingerprint density at radius 2 is 1.86 bits per heavy atom. The highest BCUT2D eigenvalue weighted by molar-refractivity contribution is 5.82. The lowest BCUT2D eigenvalue weighted by Crippen LogP contribution is -2.19. The van der Waals surface area contributed by atoms with E-state index in [2.05, 4.69) is 9.98 Å². The number of aromatic nitrogens is 1. The quantitative estimate of drug-likeness (QED) is 0.588. The smallest absolute Gasteiger partial charge is 0.0970 e. The molecule has 0 aromatic carbocycles. The molecule has 2 N–H and O–H groups in total. The highest BCUT2D eigenvalue weighted by Gasteiger charge is 2.05. The van der Waals surface area contributed by atoms with Crippen LogP contribution in [0, 0.1) is 5.92 Å². The molecule has 1 rings (SSSR count). The van der Waals surface area contributed by atoms with Crippen LogP contribution in [0.4, 0.5) is 0 Å². The van der Waals surface area contributed by atoms with E-state index < -0.39 is 0 Å². The van der Waals surface area contributed by atoms with Crippen molar-refractivity contribution in [2.45, 2.75) is 26.8 Å². The Morgan fingerprint density at radius 3 is 2.36 bits per heavy atom. The van der Waals surface area contributed by atoms with Crippen LogP contribution >= 0.6 is 0 Å². The third-order valence-corrected chi connectivity index (χ3v) is 2.12. The van der Waals surface area contributed by atoms with Crippen LogP contribution < -0.4 is 5.73 Å². The molecule has 1 aromatic heterocycles. The molecule has 0 fully saturated rings. The second-order valence-corrected chi connectivity index (χ2v) is 3.67. The SMILES string of the molecule is CC(C)C(N)=NC(C)c1ccncc1. The minimum Gasteiger partial charge on any atom is -0.387 e. The van der Waals surface area contributed by atoms with Crippen molar-refractivity contribution in [3.8, 4) is 0 Å².